The average molecular weight is 185 g/mol. The highest BCUT2D eigenvalue weighted by atomic mass is 16.4. The third-order valence-electron chi connectivity index (χ3n) is 1.70. The highest BCUT2D eigenvalue weighted by Gasteiger charge is 2.15. The number of rotatable bonds is 6. The Morgan fingerprint density at radius 2 is 1.92 bits per heavy atom. The van der Waals surface area contributed by atoms with Crippen LogP contribution in [0.5, 0.6) is 0 Å². The second kappa shape index (κ2) is 6.34. The molecule has 0 atom stereocenters. The van der Waals surface area contributed by atoms with Gasteiger partial charge in [-0.3, -0.25) is 9.59 Å². The number of oxime groups is 1. The van der Waals surface area contributed by atoms with E-state index >= 15 is 0 Å². The van der Waals surface area contributed by atoms with Crippen molar-refractivity contribution in [3.63, 3.8) is 0 Å². The molecule has 0 saturated carbocycles. The number of hydrogen-bond acceptors (Lipinski definition) is 4. The van der Waals surface area contributed by atoms with Crippen LogP contribution in [0, 0.1) is 0 Å². The van der Waals surface area contributed by atoms with Crippen molar-refractivity contribution in [1.29, 1.82) is 0 Å². The molecule has 1 N–H and O–H groups in total. The number of carbonyl (C=O) groups excluding carboxylic acids is 2. The summed E-state index contributed by atoms with van der Waals surface area (Å²) in [5.74, 6) is -0.854. The molecule has 0 heterocycles. The lowest BCUT2D eigenvalue weighted by Gasteiger charge is -1.98. The first-order chi connectivity index (χ1) is 6.13. The van der Waals surface area contributed by atoms with Gasteiger partial charge in [0, 0.05) is 13.3 Å². The van der Waals surface area contributed by atoms with Gasteiger partial charge in [-0.25, -0.2) is 0 Å². The van der Waals surface area contributed by atoms with Crippen LogP contribution < -0.4 is 0 Å². The predicted molar refractivity (Wildman–Crippen MR) is 49.1 cm³/mol. The maximum absolute atomic E-state index is 11.2. The van der Waals surface area contributed by atoms with Gasteiger partial charge in [-0.1, -0.05) is 24.9 Å². The van der Waals surface area contributed by atoms with Crippen LogP contribution in [-0.2, 0) is 9.59 Å². The van der Waals surface area contributed by atoms with E-state index in [1.807, 2.05) is 6.92 Å². The lowest BCUT2D eigenvalue weighted by atomic mass is 10.1. The number of Topliss-reactive ketones (excluding diaryl/α,β-unsaturated/α-hetero) is 2. The molecule has 0 radical (unpaired) electrons. The van der Waals surface area contributed by atoms with Crippen molar-refractivity contribution in [2.24, 2.45) is 5.16 Å². The van der Waals surface area contributed by atoms with E-state index in [0.29, 0.717) is 0 Å². The smallest absolute Gasteiger partial charge is 0.188 e. The van der Waals surface area contributed by atoms with E-state index in [9.17, 15) is 9.59 Å². The number of ketones is 2. The molecule has 0 spiro atoms. The van der Waals surface area contributed by atoms with E-state index in [4.69, 9.17) is 5.21 Å². The van der Waals surface area contributed by atoms with Crippen LogP contribution in [0.4, 0.5) is 0 Å². The molecule has 0 aromatic rings. The second-order valence-corrected chi connectivity index (χ2v) is 2.89. The third-order valence-corrected chi connectivity index (χ3v) is 1.70. The molecular formula is C9H15NO3. The Morgan fingerprint density at radius 1 is 1.31 bits per heavy atom. The minimum absolute atomic E-state index is 0.285. The van der Waals surface area contributed by atoms with Gasteiger partial charge in [0.15, 0.2) is 17.3 Å². The Hall–Kier alpha value is -1.19. The number of carbonyl (C=O) groups is 2. The van der Waals surface area contributed by atoms with Crippen LogP contribution >= 0.6 is 0 Å². The summed E-state index contributed by atoms with van der Waals surface area (Å²) >= 11 is 0. The standard InChI is InChI=1S/C9H15NO3/c1-3-4-5-6-8(12)9(10-13)7(2)11/h13H,3-6H2,1-2H3/b10-9+. The van der Waals surface area contributed by atoms with Gasteiger partial charge < -0.3 is 5.21 Å². The van der Waals surface area contributed by atoms with Crippen molar-refractivity contribution in [3.05, 3.63) is 0 Å². The van der Waals surface area contributed by atoms with Crippen LogP contribution in [0.1, 0.15) is 39.5 Å². The highest BCUT2D eigenvalue weighted by Crippen LogP contribution is 2.01. The Labute approximate surface area is 77.6 Å². The molecule has 0 saturated heterocycles. The van der Waals surface area contributed by atoms with Crippen LogP contribution in [0.3, 0.4) is 0 Å². The zero-order valence-electron chi connectivity index (χ0n) is 8.04. The van der Waals surface area contributed by atoms with Crippen molar-refractivity contribution in [3.8, 4) is 0 Å². The van der Waals surface area contributed by atoms with Gasteiger partial charge >= 0.3 is 0 Å². The van der Waals surface area contributed by atoms with Gasteiger partial charge in [0.05, 0.1) is 0 Å². The molecule has 0 amide bonds. The van der Waals surface area contributed by atoms with Gasteiger partial charge in [-0.05, 0) is 6.42 Å². The molecule has 0 rings (SSSR count). The molecule has 0 aliphatic carbocycles. The number of nitrogens with zero attached hydrogens (tertiary/aromatic N) is 1. The van der Waals surface area contributed by atoms with E-state index in [2.05, 4.69) is 5.16 Å². The maximum Gasteiger partial charge on any atom is 0.188 e. The monoisotopic (exact) mass is 185 g/mol. The fourth-order valence-electron chi connectivity index (χ4n) is 0.976. The van der Waals surface area contributed by atoms with Gasteiger partial charge in [0.25, 0.3) is 0 Å². The molecule has 0 fully saturated rings. The summed E-state index contributed by atoms with van der Waals surface area (Å²) < 4.78 is 0. The summed E-state index contributed by atoms with van der Waals surface area (Å²) in [6, 6.07) is 0. The Balaban J connectivity index is 4.02. The zero-order valence-corrected chi connectivity index (χ0v) is 8.04. The largest absolute Gasteiger partial charge is 0.410 e. The van der Waals surface area contributed by atoms with Crippen LogP contribution in [0.25, 0.3) is 0 Å². The second-order valence-electron chi connectivity index (χ2n) is 2.89. The molecule has 13 heavy (non-hydrogen) atoms. The van der Waals surface area contributed by atoms with E-state index in [0.717, 1.165) is 19.3 Å². The molecule has 0 bridgehead atoms. The molecule has 0 aromatic carbocycles. The van der Waals surface area contributed by atoms with Crippen molar-refractivity contribution in [1.82, 2.24) is 0 Å². The number of hydrogen-bond donors (Lipinski definition) is 1. The lowest BCUT2D eigenvalue weighted by molar-refractivity contribution is -0.116. The SMILES string of the molecule is CCCCCC(=O)/C(=N/O)C(C)=O. The first-order valence-corrected chi connectivity index (χ1v) is 4.39. The molecule has 74 valence electrons. The highest BCUT2D eigenvalue weighted by molar-refractivity contribution is 6.65. The predicted octanol–water partition coefficient (Wildman–Crippen LogP) is 1.55. The summed E-state index contributed by atoms with van der Waals surface area (Å²) in [4.78, 5) is 21.9. The Kier molecular flexibility index (Phi) is 5.76. The van der Waals surface area contributed by atoms with Crippen LogP contribution in [-0.4, -0.2) is 22.5 Å². The average Bonchev–Trinajstić information content (AvgIpc) is 2.05. The lowest BCUT2D eigenvalue weighted by Crippen LogP contribution is -2.21. The Morgan fingerprint density at radius 3 is 2.31 bits per heavy atom. The summed E-state index contributed by atoms with van der Waals surface area (Å²) in [6.45, 7) is 3.24. The molecule has 0 aliphatic rings. The third kappa shape index (κ3) is 4.40. The van der Waals surface area contributed by atoms with Gasteiger partial charge in [0.2, 0.25) is 0 Å². The molecule has 0 aromatic heterocycles. The summed E-state index contributed by atoms with van der Waals surface area (Å²) in [5.41, 5.74) is -0.337. The van der Waals surface area contributed by atoms with Crippen LogP contribution in [0.15, 0.2) is 5.16 Å². The normalized spacial score (nSPS) is 11.4. The number of unbranched alkanes of at least 4 members (excludes halogenated alkanes) is 2. The van der Waals surface area contributed by atoms with Gasteiger partial charge in [-0.2, -0.15) is 0 Å². The van der Waals surface area contributed by atoms with Crippen molar-refractivity contribution >= 4 is 17.3 Å². The van der Waals surface area contributed by atoms with Gasteiger partial charge in [0.1, 0.15) is 0 Å². The Bertz CT molecular complexity index is 221. The summed E-state index contributed by atoms with van der Waals surface area (Å²) in [6.07, 6.45) is 2.98. The quantitative estimate of drug-likeness (QED) is 0.224. The minimum Gasteiger partial charge on any atom is -0.410 e. The zero-order chi connectivity index (χ0) is 10.3. The molecule has 0 unspecified atom stereocenters. The van der Waals surface area contributed by atoms with E-state index < -0.39 is 5.78 Å². The van der Waals surface area contributed by atoms with Crippen molar-refractivity contribution in [2.45, 2.75) is 39.5 Å². The van der Waals surface area contributed by atoms with Crippen molar-refractivity contribution in [2.75, 3.05) is 0 Å². The summed E-state index contributed by atoms with van der Waals surface area (Å²) in [7, 11) is 0. The topological polar surface area (TPSA) is 66.7 Å². The van der Waals surface area contributed by atoms with Gasteiger partial charge in [-0.15, -0.1) is 0 Å². The van der Waals surface area contributed by atoms with Crippen molar-refractivity contribution < 1.29 is 14.8 Å². The first kappa shape index (κ1) is 11.8. The molecular weight excluding hydrogens is 170 g/mol. The summed E-state index contributed by atoms with van der Waals surface area (Å²) in [5, 5.41) is 11.1. The minimum atomic E-state index is -0.482. The first-order valence-electron chi connectivity index (χ1n) is 4.39. The fraction of sp³-hybridized carbons (Fsp3) is 0.667. The van der Waals surface area contributed by atoms with E-state index in [1.54, 1.807) is 0 Å². The molecule has 4 heteroatoms. The van der Waals surface area contributed by atoms with E-state index in [-0.39, 0.29) is 17.9 Å². The molecule has 4 nitrogen and oxygen atoms in total. The molecule has 0 aliphatic heterocycles. The maximum atomic E-state index is 11.2. The van der Waals surface area contributed by atoms with Crippen LogP contribution in [0.2, 0.25) is 0 Å². The fourth-order valence-corrected chi connectivity index (χ4v) is 0.976. The van der Waals surface area contributed by atoms with E-state index in [1.165, 1.54) is 6.92 Å².